The van der Waals surface area contributed by atoms with E-state index in [4.69, 9.17) is 5.73 Å². The molecule has 0 amide bonds. The van der Waals surface area contributed by atoms with Crippen molar-refractivity contribution in [2.75, 3.05) is 13.1 Å². The van der Waals surface area contributed by atoms with Crippen molar-refractivity contribution in [2.45, 2.75) is 76.9 Å². The smallest absolute Gasteiger partial charge is 0.123 e. The maximum Gasteiger partial charge on any atom is 0.123 e. The normalized spacial score (nSPS) is 21.4. The molecular weight excluding hydrogens is 452 g/mol. The molecule has 1 aliphatic heterocycles. The summed E-state index contributed by atoms with van der Waals surface area (Å²) in [7, 11) is 0. The van der Waals surface area contributed by atoms with Gasteiger partial charge in [-0.05, 0) is 92.8 Å². The van der Waals surface area contributed by atoms with Crippen LogP contribution in [0.2, 0.25) is 0 Å². The summed E-state index contributed by atoms with van der Waals surface area (Å²) in [4.78, 5) is 4.86. The summed E-state index contributed by atoms with van der Waals surface area (Å²) < 4.78 is 27.2. The molecule has 0 bridgehead atoms. The van der Waals surface area contributed by atoms with Crippen LogP contribution in [0, 0.1) is 17.6 Å². The lowest BCUT2D eigenvalue weighted by Gasteiger charge is -2.53. The second-order valence-electron chi connectivity index (χ2n) is 11.1. The third kappa shape index (κ3) is 5.28. The van der Waals surface area contributed by atoms with Gasteiger partial charge in [0.05, 0.1) is 5.54 Å². The van der Waals surface area contributed by atoms with Gasteiger partial charge in [-0.25, -0.2) is 8.78 Å². The van der Waals surface area contributed by atoms with E-state index in [9.17, 15) is 8.78 Å². The maximum atomic E-state index is 13.6. The average Bonchev–Trinajstić information content (AvgIpc) is 3.65. The molecule has 1 saturated carbocycles. The van der Waals surface area contributed by atoms with Crippen molar-refractivity contribution < 1.29 is 8.78 Å². The highest BCUT2D eigenvalue weighted by Gasteiger charge is 2.57. The van der Waals surface area contributed by atoms with Crippen LogP contribution >= 0.6 is 0 Å². The summed E-state index contributed by atoms with van der Waals surface area (Å²) in [6.07, 6.45) is 7.00. The minimum absolute atomic E-state index is 0.0184. The number of hydrogen-bond donors (Lipinski definition) is 1. The van der Waals surface area contributed by atoms with Crippen LogP contribution in [0.4, 0.5) is 8.78 Å². The van der Waals surface area contributed by atoms with E-state index < -0.39 is 0 Å². The lowest BCUT2D eigenvalue weighted by molar-refractivity contribution is 0.0155. The predicted octanol–water partition coefficient (Wildman–Crippen LogP) is 6.75. The fourth-order valence-electron chi connectivity index (χ4n) is 5.82. The Labute approximate surface area is 215 Å². The second kappa shape index (κ2) is 10.5. The molecule has 2 fully saturated rings. The van der Waals surface area contributed by atoms with Gasteiger partial charge in [-0.2, -0.15) is 0 Å². The van der Waals surface area contributed by atoms with E-state index in [1.54, 1.807) is 12.1 Å². The van der Waals surface area contributed by atoms with Crippen LogP contribution < -0.4 is 5.73 Å². The van der Waals surface area contributed by atoms with Crippen molar-refractivity contribution in [1.29, 1.82) is 0 Å². The predicted molar refractivity (Wildman–Crippen MR) is 145 cm³/mol. The quantitative estimate of drug-likeness (QED) is 0.419. The van der Waals surface area contributed by atoms with Gasteiger partial charge < -0.3 is 10.6 Å². The SMILES string of the molecule is C=C1N(/C=C(/c2ccc(F)cc2)C(C)CC)CCN(C2(C(N)CCc3cccc(F)c3)CC2)C1(C)C. The van der Waals surface area contributed by atoms with E-state index in [2.05, 4.69) is 50.3 Å². The summed E-state index contributed by atoms with van der Waals surface area (Å²) >= 11 is 0. The summed E-state index contributed by atoms with van der Waals surface area (Å²) in [6, 6.07) is 13.7. The molecule has 36 heavy (non-hydrogen) atoms. The molecule has 4 rings (SSSR count). The van der Waals surface area contributed by atoms with E-state index in [0.717, 1.165) is 62.0 Å². The van der Waals surface area contributed by atoms with Crippen LogP contribution in [0.25, 0.3) is 5.57 Å². The summed E-state index contributed by atoms with van der Waals surface area (Å²) in [5, 5.41) is 0. The number of allylic oxidation sites excluding steroid dienone is 1. The first-order valence-corrected chi connectivity index (χ1v) is 13.3. The molecule has 2 unspecified atom stereocenters. The highest BCUT2D eigenvalue weighted by molar-refractivity contribution is 5.67. The molecule has 2 aromatic rings. The van der Waals surface area contributed by atoms with Crippen LogP contribution in [0.5, 0.6) is 0 Å². The number of aryl methyl sites for hydroxylation is 1. The van der Waals surface area contributed by atoms with Gasteiger partial charge in [0.1, 0.15) is 11.6 Å². The zero-order valence-electron chi connectivity index (χ0n) is 22.2. The molecule has 3 nitrogen and oxygen atoms in total. The van der Waals surface area contributed by atoms with Crippen LogP contribution in [-0.4, -0.2) is 40.0 Å². The number of rotatable bonds is 9. The minimum Gasteiger partial charge on any atom is -0.349 e. The van der Waals surface area contributed by atoms with Gasteiger partial charge in [0, 0.05) is 36.6 Å². The Bertz CT molecular complexity index is 1100. The van der Waals surface area contributed by atoms with Crippen LogP contribution in [-0.2, 0) is 6.42 Å². The number of piperazine rings is 1. The van der Waals surface area contributed by atoms with Gasteiger partial charge in [0.25, 0.3) is 0 Å². The molecule has 2 aliphatic rings. The monoisotopic (exact) mass is 493 g/mol. The number of halogens is 2. The third-order valence-electron chi connectivity index (χ3n) is 8.53. The topological polar surface area (TPSA) is 32.5 Å². The Hall–Kier alpha value is -2.50. The standard InChI is InChI=1S/C31H41F2N3/c1-6-22(2)28(25-11-13-26(32)14-12-25)21-35-18-19-36(30(4,5)23(35)3)31(16-17-31)29(34)15-10-24-8-7-9-27(33)20-24/h7-9,11-14,20-22,29H,3,6,10,15-19,34H2,1-2,4-5H3/b28-21+. The largest absolute Gasteiger partial charge is 0.349 e. The van der Waals surface area contributed by atoms with Crippen molar-refractivity contribution in [3.05, 3.63) is 89.8 Å². The molecule has 2 atom stereocenters. The van der Waals surface area contributed by atoms with Crippen molar-refractivity contribution in [3.8, 4) is 0 Å². The summed E-state index contributed by atoms with van der Waals surface area (Å²) in [6.45, 7) is 15.2. The lowest BCUT2D eigenvalue weighted by Crippen LogP contribution is -2.64. The van der Waals surface area contributed by atoms with Crippen LogP contribution in [0.3, 0.4) is 0 Å². The van der Waals surface area contributed by atoms with E-state index in [0.29, 0.717) is 5.92 Å². The van der Waals surface area contributed by atoms with E-state index in [1.807, 2.05) is 18.2 Å². The van der Waals surface area contributed by atoms with Crippen LogP contribution in [0.1, 0.15) is 64.5 Å². The summed E-state index contributed by atoms with van der Waals surface area (Å²) in [5.41, 5.74) is 10.9. The lowest BCUT2D eigenvalue weighted by atomic mass is 9.87. The first-order chi connectivity index (χ1) is 17.1. The maximum absolute atomic E-state index is 13.6. The first-order valence-electron chi connectivity index (χ1n) is 13.3. The second-order valence-corrected chi connectivity index (χ2v) is 11.1. The molecule has 1 saturated heterocycles. The van der Waals surface area contributed by atoms with E-state index in [-0.39, 0.29) is 28.8 Å². The Morgan fingerprint density at radius 2 is 1.78 bits per heavy atom. The highest BCUT2D eigenvalue weighted by Crippen LogP contribution is 2.51. The van der Waals surface area contributed by atoms with Gasteiger partial charge in [-0.1, -0.05) is 44.7 Å². The summed E-state index contributed by atoms with van der Waals surface area (Å²) in [5.74, 6) is -0.0680. The molecular formula is C31H41F2N3. The van der Waals surface area contributed by atoms with Crippen molar-refractivity contribution in [1.82, 2.24) is 9.80 Å². The third-order valence-corrected chi connectivity index (χ3v) is 8.53. The van der Waals surface area contributed by atoms with Gasteiger partial charge in [-0.15, -0.1) is 0 Å². The Kier molecular flexibility index (Phi) is 7.72. The molecule has 0 radical (unpaired) electrons. The Balaban J connectivity index is 1.51. The number of hydrogen-bond acceptors (Lipinski definition) is 3. The molecule has 194 valence electrons. The fraction of sp³-hybridized carbons (Fsp3) is 0.484. The van der Waals surface area contributed by atoms with Gasteiger partial charge in [0.2, 0.25) is 0 Å². The molecule has 1 aliphatic carbocycles. The highest BCUT2D eigenvalue weighted by atomic mass is 19.1. The van der Waals surface area contributed by atoms with Gasteiger partial charge >= 0.3 is 0 Å². The fourth-order valence-corrected chi connectivity index (χ4v) is 5.82. The van der Waals surface area contributed by atoms with Crippen molar-refractivity contribution in [2.24, 2.45) is 11.7 Å². The van der Waals surface area contributed by atoms with Gasteiger partial charge in [0.15, 0.2) is 0 Å². The molecule has 2 aromatic carbocycles. The van der Waals surface area contributed by atoms with Crippen molar-refractivity contribution in [3.63, 3.8) is 0 Å². The average molecular weight is 494 g/mol. The minimum atomic E-state index is -0.259. The van der Waals surface area contributed by atoms with E-state index in [1.165, 1.54) is 23.8 Å². The number of nitrogens with zero attached hydrogens (tertiary/aromatic N) is 2. The Morgan fingerprint density at radius 1 is 1.08 bits per heavy atom. The molecule has 0 spiro atoms. The van der Waals surface area contributed by atoms with Gasteiger partial charge in [-0.3, -0.25) is 4.90 Å². The number of nitrogens with two attached hydrogens (primary N) is 1. The molecule has 5 heteroatoms. The van der Waals surface area contributed by atoms with E-state index >= 15 is 0 Å². The molecule has 1 heterocycles. The Morgan fingerprint density at radius 3 is 2.39 bits per heavy atom. The molecule has 2 N–H and O–H groups in total. The van der Waals surface area contributed by atoms with Crippen molar-refractivity contribution >= 4 is 5.57 Å². The zero-order chi connectivity index (χ0) is 26.1. The van der Waals surface area contributed by atoms with Crippen LogP contribution in [0.15, 0.2) is 67.0 Å². The zero-order valence-corrected chi connectivity index (χ0v) is 22.2. The molecule has 0 aromatic heterocycles. The number of benzene rings is 2. The first kappa shape index (κ1) is 26.6.